The molecule has 0 saturated carbocycles. The van der Waals surface area contributed by atoms with E-state index in [1.54, 1.807) is 6.92 Å². The monoisotopic (exact) mass is 345 g/mol. The van der Waals surface area contributed by atoms with Crippen LogP contribution in [-0.2, 0) is 9.53 Å². The molecular formula is C18H35NO5. The summed E-state index contributed by atoms with van der Waals surface area (Å²) in [5.41, 5.74) is 0. The van der Waals surface area contributed by atoms with Gasteiger partial charge in [-0.1, -0.05) is 46.0 Å². The van der Waals surface area contributed by atoms with Crippen molar-refractivity contribution in [2.45, 2.75) is 71.0 Å². The molecule has 3 atom stereocenters. The Hall–Kier alpha value is -1.11. The minimum atomic E-state index is -1.44. The summed E-state index contributed by atoms with van der Waals surface area (Å²) in [6.07, 6.45) is 5.57. The number of carbonyl (C=O) groups is 1. The highest BCUT2D eigenvalue weighted by Crippen LogP contribution is 2.14. The number of methoxy groups -OCH3 is 1. The molecule has 0 saturated heterocycles. The molecule has 0 spiro atoms. The number of ether oxygens (including phenoxy) is 1. The van der Waals surface area contributed by atoms with Crippen LogP contribution in [0.2, 0.25) is 0 Å². The number of rotatable bonds is 13. The second kappa shape index (κ2) is 13.2. The van der Waals surface area contributed by atoms with Crippen molar-refractivity contribution in [3.05, 3.63) is 12.0 Å². The van der Waals surface area contributed by atoms with Crippen molar-refractivity contribution >= 4 is 5.91 Å². The topological polar surface area (TPSA) is 90.2 Å². The van der Waals surface area contributed by atoms with Crippen molar-refractivity contribution in [3.8, 4) is 0 Å². The van der Waals surface area contributed by atoms with Crippen LogP contribution in [-0.4, -0.2) is 59.1 Å². The van der Waals surface area contributed by atoms with Crippen LogP contribution in [0.15, 0.2) is 12.0 Å². The molecule has 142 valence electrons. The van der Waals surface area contributed by atoms with Crippen molar-refractivity contribution in [1.82, 2.24) is 4.90 Å². The smallest absolute Gasteiger partial charge is 0.226 e. The Bertz CT molecular complexity index is 372. The molecule has 0 aliphatic rings. The van der Waals surface area contributed by atoms with E-state index in [9.17, 15) is 20.1 Å². The minimum absolute atomic E-state index is 0.122. The maximum atomic E-state index is 12.0. The lowest BCUT2D eigenvalue weighted by molar-refractivity contribution is -0.127. The van der Waals surface area contributed by atoms with E-state index in [1.807, 2.05) is 0 Å². The molecule has 24 heavy (non-hydrogen) atoms. The van der Waals surface area contributed by atoms with Gasteiger partial charge in [-0.25, -0.2) is 0 Å². The fourth-order valence-corrected chi connectivity index (χ4v) is 2.43. The number of nitrogens with zero attached hydrogens (tertiary/aromatic N) is 1. The number of aliphatic hydroxyl groups is 3. The summed E-state index contributed by atoms with van der Waals surface area (Å²) in [7, 11) is 3.04. The van der Waals surface area contributed by atoms with E-state index in [1.165, 1.54) is 44.5 Å². The summed E-state index contributed by atoms with van der Waals surface area (Å²) >= 11 is 0. The second-order valence-electron chi connectivity index (χ2n) is 6.44. The zero-order chi connectivity index (χ0) is 18.5. The van der Waals surface area contributed by atoms with Crippen molar-refractivity contribution in [1.29, 1.82) is 0 Å². The fourth-order valence-electron chi connectivity index (χ4n) is 2.43. The van der Waals surface area contributed by atoms with Gasteiger partial charge in [0.2, 0.25) is 5.91 Å². The summed E-state index contributed by atoms with van der Waals surface area (Å²) in [6.45, 7) is 4.13. The average Bonchev–Trinajstić information content (AvgIpc) is 2.56. The molecule has 0 fully saturated rings. The number of carbonyl (C=O) groups excluding carboxylic acids is 1. The Morgan fingerprint density at radius 3 is 2.33 bits per heavy atom. The van der Waals surface area contributed by atoms with E-state index >= 15 is 0 Å². The third kappa shape index (κ3) is 9.25. The fraction of sp³-hybridized carbons (Fsp3) is 0.833. The van der Waals surface area contributed by atoms with Gasteiger partial charge in [0, 0.05) is 32.7 Å². The zero-order valence-electron chi connectivity index (χ0n) is 15.6. The van der Waals surface area contributed by atoms with E-state index < -0.39 is 18.0 Å². The van der Waals surface area contributed by atoms with Crippen LogP contribution in [0.3, 0.4) is 0 Å². The molecule has 6 nitrogen and oxygen atoms in total. The van der Waals surface area contributed by atoms with Gasteiger partial charge in [-0.3, -0.25) is 4.79 Å². The molecule has 3 unspecified atom stereocenters. The third-order valence-corrected chi connectivity index (χ3v) is 4.10. The van der Waals surface area contributed by atoms with Gasteiger partial charge in [0.25, 0.3) is 0 Å². The number of hydrogen-bond donors (Lipinski definition) is 3. The number of aliphatic hydroxyl groups excluding tert-OH is 3. The van der Waals surface area contributed by atoms with Crippen LogP contribution in [0.1, 0.15) is 58.8 Å². The first kappa shape index (κ1) is 22.9. The molecule has 0 aromatic rings. The Morgan fingerprint density at radius 2 is 1.75 bits per heavy atom. The van der Waals surface area contributed by atoms with Crippen LogP contribution < -0.4 is 0 Å². The highest BCUT2D eigenvalue weighted by Gasteiger charge is 2.26. The second-order valence-corrected chi connectivity index (χ2v) is 6.44. The van der Waals surface area contributed by atoms with Gasteiger partial charge in [0.1, 0.15) is 11.9 Å². The third-order valence-electron chi connectivity index (χ3n) is 4.10. The summed E-state index contributed by atoms with van der Waals surface area (Å²) in [6, 6.07) is 0. The van der Waals surface area contributed by atoms with Crippen molar-refractivity contribution in [3.63, 3.8) is 0 Å². The minimum Gasteiger partial charge on any atom is -0.508 e. The van der Waals surface area contributed by atoms with Crippen LogP contribution in [0.4, 0.5) is 0 Å². The summed E-state index contributed by atoms with van der Waals surface area (Å²) < 4.78 is 4.92. The molecule has 3 N–H and O–H groups in total. The predicted molar refractivity (Wildman–Crippen MR) is 94.5 cm³/mol. The largest absolute Gasteiger partial charge is 0.508 e. The molecule has 1 amide bonds. The molecule has 0 aromatic carbocycles. The van der Waals surface area contributed by atoms with Crippen LogP contribution in [0, 0.1) is 5.92 Å². The van der Waals surface area contributed by atoms with Crippen LogP contribution >= 0.6 is 0 Å². The summed E-state index contributed by atoms with van der Waals surface area (Å²) in [4.78, 5) is 13.3. The molecule has 0 aromatic heterocycles. The molecule has 0 aliphatic carbocycles. The Labute approximate surface area is 146 Å². The highest BCUT2D eigenvalue weighted by molar-refractivity contribution is 5.76. The first-order valence-electron chi connectivity index (χ1n) is 8.86. The zero-order valence-corrected chi connectivity index (χ0v) is 15.6. The first-order valence-corrected chi connectivity index (χ1v) is 8.86. The Kier molecular flexibility index (Phi) is 12.6. The highest BCUT2D eigenvalue weighted by atomic mass is 16.5. The van der Waals surface area contributed by atoms with Gasteiger partial charge in [0.15, 0.2) is 0 Å². The normalized spacial score (nSPS) is 15.8. The first-order chi connectivity index (χ1) is 11.3. The van der Waals surface area contributed by atoms with Gasteiger partial charge in [-0.2, -0.15) is 0 Å². The lowest BCUT2D eigenvalue weighted by atomic mass is 9.99. The molecular weight excluding hydrogens is 310 g/mol. The maximum Gasteiger partial charge on any atom is 0.226 e. The molecule has 0 radical (unpaired) electrons. The standard InChI is InChI=1S/C18H35NO5/c1-5-6-7-8-9-10-11-16(21)19(3)12-15(20)18(23)17(22)14(2)13-24-4/h12,14,17-18,20,22-23H,5-11,13H2,1-4H3/b15-12-. The van der Waals surface area contributed by atoms with Gasteiger partial charge < -0.3 is 25.0 Å². The lowest BCUT2D eigenvalue weighted by Gasteiger charge is -2.23. The quantitative estimate of drug-likeness (QED) is 0.353. The van der Waals surface area contributed by atoms with Gasteiger partial charge in [-0.15, -0.1) is 0 Å². The molecule has 0 heterocycles. The molecule has 0 aliphatic heterocycles. The molecule has 0 bridgehead atoms. The van der Waals surface area contributed by atoms with E-state index in [0.29, 0.717) is 6.42 Å². The predicted octanol–water partition coefficient (Wildman–Crippen LogP) is 2.60. The summed E-state index contributed by atoms with van der Waals surface area (Å²) in [5, 5.41) is 29.8. The van der Waals surface area contributed by atoms with Gasteiger partial charge >= 0.3 is 0 Å². The Morgan fingerprint density at radius 1 is 1.17 bits per heavy atom. The van der Waals surface area contributed by atoms with E-state index in [-0.39, 0.29) is 18.4 Å². The van der Waals surface area contributed by atoms with Gasteiger partial charge in [0.05, 0.1) is 12.7 Å². The van der Waals surface area contributed by atoms with Crippen molar-refractivity contribution < 1.29 is 24.9 Å². The van der Waals surface area contributed by atoms with Crippen molar-refractivity contribution in [2.24, 2.45) is 5.92 Å². The van der Waals surface area contributed by atoms with Crippen LogP contribution in [0.25, 0.3) is 0 Å². The SMILES string of the molecule is CCCCCCCCC(=O)N(C)/C=C(\O)C(O)C(O)C(C)COC. The van der Waals surface area contributed by atoms with E-state index in [0.717, 1.165) is 19.3 Å². The number of hydrogen-bond acceptors (Lipinski definition) is 5. The van der Waals surface area contributed by atoms with Gasteiger partial charge in [-0.05, 0) is 6.42 Å². The number of amides is 1. The number of unbranched alkanes of at least 4 members (excludes halogenated alkanes) is 5. The maximum absolute atomic E-state index is 12.0. The average molecular weight is 345 g/mol. The Balaban J connectivity index is 4.30. The van der Waals surface area contributed by atoms with E-state index in [2.05, 4.69) is 6.92 Å². The molecule has 0 rings (SSSR count). The van der Waals surface area contributed by atoms with Crippen molar-refractivity contribution in [2.75, 3.05) is 20.8 Å². The lowest BCUT2D eigenvalue weighted by Crippen LogP contribution is -2.36. The van der Waals surface area contributed by atoms with Crippen LogP contribution in [0.5, 0.6) is 0 Å². The summed E-state index contributed by atoms with van der Waals surface area (Å²) in [5.74, 6) is -0.891. The van der Waals surface area contributed by atoms with E-state index in [4.69, 9.17) is 4.74 Å². The molecule has 6 heteroatoms.